The standard InChI is InChI=1S/C15H16FN3O/c1-10-5-4-6-12(16)14(10)15(20)19(3)11(2)13-7-8-17-9-18-13/h4-9,11H,1-3H3. The van der Waals surface area contributed by atoms with Gasteiger partial charge in [0.05, 0.1) is 17.3 Å². The Morgan fingerprint density at radius 1 is 1.35 bits per heavy atom. The molecule has 20 heavy (non-hydrogen) atoms. The van der Waals surface area contributed by atoms with Gasteiger partial charge in [-0.1, -0.05) is 12.1 Å². The fourth-order valence-electron chi connectivity index (χ4n) is 2.00. The van der Waals surface area contributed by atoms with Crippen LogP contribution in [-0.2, 0) is 0 Å². The molecule has 0 aliphatic rings. The fourth-order valence-corrected chi connectivity index (χ4v) is 2.00. The predicted octanol–water partition coefficient (Wildman–Crippen LogP) is 2.76. The molecular weight excluding hydrogens is 257 g/mol. The van der Waals surface area contributed by atoms with Gasteiger partial charge in [0.25, 0.3) is 5.91 Å². The highest BCUT2D eigenvalue weighted by Gasteiger charge is 2.23. The Labute approximate surface area is 117 Å². The van der Waals surface area contributed by atoms with E-state index in [0.29, 0.717) is 11.3 Å². The van der Waals surface area contributed by atoms with Gasteiger partial charge >= 0.3 is 0 Å². The van der Waals surface area contributed by atoms with Gasteiger partial charge < -0.3 is 4.90 Å². The van der Waals surface area contributed by atoms with Crippen molar-refractivity contribution < 1.29 is 9.18 Å². The van der Waals surface area contributed by atoms with Crippen LogP contribution in [0.3, 0.4) is 0 Å². The summed E-state index contributed by atoms with van der Waals surface area (Å²) in [5.41, 5.74) is 1.44. The second-order valence-electron chi connectivity index (χ2n) is 4.66. The molecule has 1 heterocycles. The monoisotopic (exact) mass is 273 g/mol. The van der Waals surface area contributed by atoms with Gasteiger partial charge in [0.1, 0.15) is 12.1 Å². The molecule has 1 aromatic heterocycles. The Bertz CT molecular complexity index is 596. The third-order valence-electron chi connectivity index (χ3n) is 3.37. The third-order valence-corrected chi connectivity index (χ3v) is 3.37. The van der Waals surface area contributed by atoms with Crippen LogP contribution in [0.25, 0.3) is 0 Å². The summed E-state index contributed by atoms with van der Waals surface area (Å²) in [4.78, 5) is 21.9. The zero-order valence-electron chi connectivity index (χ0n) is 11.7. The SMILES string of the molecule is Cc1cccc(F)c1C(=O)N(C)C(C)c1ccncn1. The molecule has 4 nitrogen and oxygen atoms in total. The molecule has 0 saturated heterocycles. The first-order valence-corrected chi connectivity index (χ1v) is 6.30. The van der Waals surface area contributed by atoms with Gasteiger partial charge in [-0.05, 0) is 31.5 Å². The molecule has 104 valence electrons. The second kappa shape index (κ2) is 5.77. The van der Waals surface area contributed by atoms with Crippen LogP contribution >= 0.6 is 0 Å². The van der Waals surface area contributed by atoms with Crippen molar-refractivity contribution in [3.63, 3.8) is 0 Å². The van der Waals surface area contributed by atoms with Gasteiger partial charge in [-0.25, -0.2) is 14.4 Å². The number of rotatable bonds is 3. The predicted molar refractivity (Wildman–Crippen MR) is 73.7 cm³/mol. The number of carbonyl (C=O) groups excluding carboxylic acids is 1. The van der Waals surface area contributed by atoms with Gasteiger partial charge in [-0.15, -0.1) is 0 Å². The van der Waals surface area contributed by atoms with Crippen LogP contribution < -0.4 is 0 Å². The summed E-state index contributed by atoms with van der Waals surface area (Å²) < 4.78 is 13.9. The number of benzene rings is 1. The van der Waals surface area contributed by atoms with E-state index >= 15 is 0 Å². The minimum absolute atomic E-state index is 0.107. The van der Waals surface area contributed by atoms with E-state index in [1.165, 1.54) is 17.3 Å². The average Bonchev–Trinajstić information content (AvgIpc) is 2.46. The van der Waals surface area contributed by atoms with Crippen molar-refractivity contribution in [2.45, 2.75) is 19.9 Å². The Balaban J connectivity index is 2.29. The van der Waals surface area contributed by atoms with Crippen LogP contribution in [0.2, 0.25) is 0 Å². The zero-order valence-corrected chi connectivity index (χ0v) is 11.7. The summed E-state index contributed by atoms with van der Waals surface area (Å²) in [7, 11) is 1.64. The van der Waals surface area contributed by atoms with Crippen molar-refractivity contribution in [1.29, 1.82) is 0 Å². The molecule has 1 unspecified atom stereocenters. The molecule has 5 heteroatoms. The summed E-state index contributed by atoms with van der Waals surface area (Å²) in [5.74, 6) is -0.858. The highest BCUT2D eigenvalue weighted by atomic mass is 19.1. The number of hydrogen-bond donors (Lipinski definition) is 0. The summed E-state index contributed by atoms with van der Waals surface area (Å²) >= 11 is 0. The van der Waals surface area contributed by atoms with Crippen molar-refractivity contribution >= 4 is 5.91 Å². The molecule has 2 aromatic rings. The Morgan fingerprint density at radius 3 is 2.70 bits per heavy atom. The number of hydrogen-bond acceptors (Lipinski definition) is 3. The van der Waals surface area contributed by atoms with E-state index in [4.69, 9.17) is 0 Å². The minimum Gasteiger partial charge on any atom is -0.333 e. The fraction of sp³-hybridized carbons (Fsp3) is 0.267. The van der Waals surface area contributed by atoms with Crippen molar-refractivity contribution in [3.05, 3.63) is 59.4 Å². The minimum atomic E-state index is -0.503. The lowest BCUT2D eigenvalue weighted by molar-refractivity contribution is 0.0734. The lowest BCUT2D eigenvalue weighted by atomic mass is 10.1. The van der Waals surface area contributed by atoms with Gasteiger partial charge in [-0.2, -0.15) is 0 Å². The smallest absolute Gasteiger partial charge is 0.257 e. The second-order valence-corrected chi connectivity index (χ2v) is 4.66. The lowest BCUT2D eigenvalue weighted by Gasteiger charge is -2.25. The Kier molecular flexibility index (Phi) is 4.08. The first kappa shape index (κ1) is 14.1. The number of nitrogens with zero attached hydrogens (tertiary/aromatic N) is 3. The Hall–Kier alpha value is -2.30. The molecule has 2 rings (SSSR count). The zero-order chi connectivity index (χ0) is 14.7. The summed E-state index contributed by atoms with van der Waals surface area (Å²) in [6, 6.07) is 6.09. The van der Waals surface area contributed by atoms with Gasteiger partial charge in [0.15, 0.2) is 0 Å². The first-order chi connectivity index (χ1) is 9.52. The van der Waals surface area contributed by atoms with Gasteiger partial charge in [-0.3, -0.25) is 4.79 Å². The van der Waals surface area contributed by atoms with Crippen molar-refractivity contribution in [2.75, 3.05) is 7.05 Å². The molecule has 0 bridgehead atoms. The van der Waals surface area contributed by atoms with Crippen LogP contribution in [0.4, 0.5) is 4.39 Å². The van der Waals surface area contributed by atoms with Gasteiger partial charge in [0, 0.05) is 13.2 Å². The topological polar surface area (TPSA) is 46.1 Å². The van der Waals surface area contributed by atoms with Crippen molar-refractivity contribution in [2.24, 2.45) is 0 Å². The number of aromatic nitrogens is 2. The maximum atomic E-state index is 13.9. The lowest BCUT2D eigenvalue weighted by Crippen LogP contribution is -2.31. The summed E-state index contributed by atoms with van der Waals surface area (Å²) in [6.07, 6.45) is 3.05. The van der Waals surface area contributed by atoms with E-state index in [0.717, 1.165) is 0 Å². The molecule has 0 N–H and O–H groups in total. The number of amides is 1. The van der Waals surface area contributed by atoms with E-state index in [2.05, 4.69) is 9.97 Å². The van der Waals surface area contributed by atoms with Crippen LogP contribution in [0.1, 0.15) is 34.6 Å². The highest BCUT2D eigenvalue weighted by molar-refractivity contribution is 5.96. The molecule has 1 amide bonds. The molecule has 0 spiro atoms. The molecule has 0 aliphatic heterocycles. The van der Waals surface area contributed by atoms with Gasteiger partial charge in [0.2, 0.25) is 0 Å². The number of halogens is 1. The van der Waals surface area contributed by atoms with Crippen LogP contribution in [-0.4, -0.2) is 27.8 Å². The molecule has 1 atom stereocenters. The van der Waals surface area contributed by atoms with E-state index in [-0.39, 0.29) is 17.5 Å². The number of carbonyl (C=O) groups is 1. The van der Waals surface area contributed by atoms with Crippen LogP contribution in [0, 0.1) is 12.7 Å². The maximum Gasteiger partial charge on any atom is 0.257 e. The third kappa shape index (κ3) is 2.66. The summed E-state index contributed by atoms with van der Waals surface area (Å²) in [6.45, 7) is 3.57. The van der Waals surface area contributed by atoms with E-state index in [1.54, 1.807) is 38.4 Å². The molecule has 0 fully saturated rings. The average molecular weight is 273 g/mol. The van der Waals surface area contributed by atoms with Crippen LogP contribution in [0.5, 0.6) is 0 Å². The van der Waals surface area contributed by atoms with Crippen LogP contribution in [0.15, 0.2) is 36.8 Å². The molecule has 1 aromatic carbocycles. The Morgan fingerprint density at radius 2 is 2.10 bits per heavy atom. The molecular formula is C15H16FN3O. The first-order valence-electron chi connectivity index (χ1n) is 6.30. The van der Waals surface area contributed by atoms with E-state index in [1.807, 2.05) is 6.92 Å². The molecule has 0 saturated carbocycles. The quantitative estimate of drug-likeness (QED) is 0.863. The largest absolute Gasteiger partial charge is 0.333 e. The van der Waals surface area contributed by atoms with Crippen molar-refractivity contribution in [1.82, 2.24) is 14.9 Å². The highest BCUT2D eigenvalue weighted by Crippen LogP contribution is 2.21. The summed E-state index contributed by atoms with van der Waals surface area (Å²) in [5, 5.41) is 0. The molecule has 0 radical (unpaired) electrons. The maximum absolute atomic E-state index is 13.9. The number of aryl methyl sites for hydroxylation is 1. The van der Waals surface area contributed by atoms with Crippen molar-refractivity contribution in [3.8, 4) is 0 Å². The van der Waals surface area contributed by atoms with E-state index < -0.39 is 5.82 Å². The van der Waals surface area contributed by atoms with E-state index in [9.17, 15) is 9.18 Å². The normalized spacial score (nSPS) is 12.0. The molecule has 0 aliphatic carbocycles.